The van der Waals surface area contributed by atoms with E-state index in [2.05, 4.69) is 17.1 Å². The Bertz CT molecular complexity index is 144. The maximum atomic E-state index is 5.57. The van der Waals surface area contributed by atoms with Crippen LogP contribution in [0.3, 0.4) is 0 Å². The summed E-state index contributed by atoms with van der Waals surface area (Å²) in [5, 5.41) is 3.31. The third kappa shape index (κ3) is 3.15. The van der Waals surface area contributed by atoms with Gasteiger partial charge in [-0.25, -0.2) is 0 Å². The van der Waals surface area contributed by atoms with Crippen LogP contribution >= 0.6 is 11.8 Å². The van der Waals surface area contributed by atoms with E-state index in [1.165, 1.54) is 43.9 Å². The SMILES string of the molecule is C1COC(CCSCC2CNC2)C1. The van der Waals surface area contributed by atoms with Crippen LogP contribution in [-0.4, -0.2) is 37.3 Å². The molecule has 0 aliphatic carbocycles. The third-order valence-electron chi connectivity index (χ3n) is 2.83. The fourth-order valence-electron chi connectivity index (χ4n) is 1.80. The van der Waals surface area contributed by atoms with Crippen LogP contribution in [0, 0.1) is 5.92 Å². The first-order chi connectivity index (χ1) is 6.45. The molecule has 2 saturated heterocycles. The maximum absolute atomic E-state index is 5.57. The molecule has 0 aromatic carbocycles. The molecule has 0 aromatic heterocycles. The van der Waals surface area contributed by atoms with Gasteiger partial charge in [-0.05, 0) is 49.8 Å². The predicted molar refractivity (Wildman–Crippen MR) is 57.3 cm³/mol. The zero-order chi connectivity index (χ0) is 8.93. The van der Waals surface area contributed by atoms with Crippen LogP contribution in [0.25, 0.3) is 0 Å². The highest BCUT2D eigenvalue weighted by atomic mass is 32.2. The van der Waals surface area contributed by atoms with Gasteiger partial charge in [0.05, 0.1) is 6.10 Å². The van der Waals surface area contributed by atoms with E-state index in [1.54, 1.807) is 0 Å². The van der Waals surface area contributed by atoms with E-state index in [4.69, 9.17) is 4.74 Å². The van der Waals surface area contributed by atoms with Crippen LogP contribution in [0.15, 0.2) is 0 Å². The Morgan fingerprint density at radius 3 is 2.92 bits per heavy atom. The highest BCUT2D eigenvalue weighted by Crippen LogP contribution is 2.19. The Morgan fingerprint density at radius 1 is 1.38 bits per heavy atom. The highest BCUT2D eigenvalue weighted by molar-refractivity contribution is 7.99. The van der Waals surface area contributed by atoms with E-state index in [1.807, 2.05) is 0 Å². The first-order valence-corrected chi connectivity index (χ1v) is 6.50. The lowest BCUT2D eigenvalue weighted by atomic mass is 10.1. The smallest absolute Gasteiger partial charge is 0.0583 e. The Labute approximate surface area is 84.8 Å². The van der Waals surface area contributed by atoms with E-state index >= 15 is 0 Å². The van der Waals surface area contributed by atoms with Gasteiger partial charge in [-0.2, -0.15) is 11.8 Å². The van der Waals surface area contributed by atoms with E-state index < -0.39 is 0 Å². The average molecular weight is 201 g/mol. The minimum Gasteiger partial charge on any atom is -0.378 e. The van der Waals surface area contributed by atoms with Crippen molar-refractivity contribution in [2.24, 2.45) is 5.92 Å². The fraction of sp³-hybridized carbons (Fsp3) is 1.00. The molecule has 0 saturated carbocycles. The lowest BCUT2D eigenvalue weighted by Gasteiger charge is -2.26. The normalized spacial score (nSPS) is 29.1. The summed E-state index contributed by atoms with van der Waals surface area (Å²) in [6, 6.07) is 0. The van der Waals surface area contributed by atoms with Gasteiger partial charge >= 0.3 is 0 Å². The summed E-state index contributed by atoms with van der Waals surface area (Å²) in [5.41, 5.74) is 0. The van der Waals surface area contributed by atoms with Crippen LogP contribution in [0.4, 0.5) is 0 Å². The summed E-state index contributed by atoms with van der Waals surface area (Å²) in [6.45, 7) is 3.49. The van der Waals surface area contributed by atoms with E-state index in [0.29, 0.717) is 6.10 Å². The second-order valence-electron chi connectivity index (χ2n) is 4.02. The quantitative estimate of drug-likeness (QED) is 0.681. The van der Waals surface area contributed by atoms with Gasteiger partial charge in [-0.15, -0.1) is 0 Å². The predicted octanol–water partition coefficient (Wildman–Crippen LogP) is 1.51. The van der Waals surface area contributed by atoms with E-state index in [9.17, 15) is 0 Å². The van der Waals surface area contributed by atoms with Gasteiger partial charge in [0.2, 0.25) is 0 Å². The molecule has 2 rings (SSSR count). The number of hydrogen-bond donors (Lipinski definition) is 1. The molecule has 2 fully saturated rings. The molecule has 76 valence electrons. The topological polar surface area (TPSA) is 21.3 Å². The number of nitrogens with one attached hydrogen (secondary N) is 1. The zero-order valence-corrected chi connectivity index (χ0v) is 8.94. The molecule has 1 atom stereocenters. The van der Waals surface area contributed by atoms with E-state index in [-0.39, 0.29) is 0 Å². The molecule has 2 heterocycles. The largest absolute Gasteiger partial charge is 0.378 e. The Balaban J connectivity index is 1.43. The maximum Gasteiger partial charge on any atom is 0.0583 e. The van der Waals surface area contributed by atoms with E-state index in [0.717, 1.165) is 12.5 Å². The Kier molecular flexibility index (Phi) is 3.94. The minimum atomic E-state index is 0.590. The van der Waals surface area contributed by atoms with Gasteiger partial charge in [0, 0.05) is 6.61 Å². The molecule has 2 nitrogen and oxygen atoms in total. The van der Waals surface area contributed by atoms with Gasteiger partial charge in [0.1, 0.15) is 0 Å². The van der Waals surface area contributed by atoms with Gasteiger partial charge in [0.25, 0.3) is 0 Å². The molecule has 0 aromatic rings. The molecule has 2 aliphatic rings. The zero-order valence-electron chi connectivity index (χ0n) is 8.13. The molecular formula is C10H19NOS. The lowest BCUT2D eigenvalue weighted by Crippen LogP contribution is -2.43. The van der Waals surface area contributed by atoms with Gasteiger partial charge < -0.3 is 10.1 Å². The standard InChI is InChI=1S/C10H19NOS/c1-2-10(12-4-1)3-5-13-8-9-6-11-7-9/h9-11H,1-8H2. The average Bonchev–Trinajstić information content (AvgIpc) is 2.53. The van der Waals surface area contributed by atoms with Crippen LogP contribution in [0.5, 0.6) is 0 Å². The van der Waals surface area contributed by atoms with Gasteiger partial charge in [0.15, 0.2) is 0 Å². The van der Waals surface area contributed by atoms with Crippen LogP contribution in [-0.2, 0) is 4.74 Å². The lowest BCUT2D eigenvalue weighted by molar-refractivity contribution is 0.109. The minimum absolute atomic E-state index is 0.590. The summed E-state index contributed by atoms with van der Waals surface area (Å²) >= 11 is 2.10. The third-order valence-corrected chi connectivity index (χ3v) is 4.06. The van der Waals surface area contributed by atoms with Crippen LogP contribution in [0.2, 0.25) is 0 Å². The molecule has 0 amide bonds. The van der Waals surface area contributed by atoms with Gasteiger partial charge in [-0.1, -0.05) is 0 Å². The van der Waals surface area contributed by atoms with Crippen molar-refractivity contribution in [2.45, 2.75) is 25.4 Å². The van der Waals surface area contributed by atoms with Crippen molar-refractivity contribution in [3.05, 3.63) is 0 Å². The fourth-order valence-corrected chi connectivity index (χ4v) is 2.97. The van der Waals surface area contributed by atoms with Crippen molar-refractivity contribution in [1.82, 2.24) is 5.32 Å². The summed E-state index contributed by atoms with van der Waals surface area (Å²) in [4.78, 5) is 0. The van der Waals surface area contributed by atoms with Crippen molar-refractivity contribution >= 4 is 11.8 Å². The number of hydrogen-bond acceptors (Lipinski definition) is 3. The van der Waals surface area contributed by atoms with Crippen molar-refractivity contribution in [3.63, 3.8) is 0 Å². The number of thioether (sulfide) groups is 1. The number of ether oxygens (including phenoxy) is 1. The van der Waals surface area contributed by atoms with Gasteiger partial charge in [-0.3, -0.25) is 0 Å². The summed E-state index contributed by atoms with van der Waals surface area (Å²) < 4.78 is 5.57. The molecule has 0 bridgehead atoms. The second kappa shape index (κ2) is 5.23. The van der Waals surface area contributed by atoms with Crippen molar-refractivity contribution < 1.29 is 4.74 Å². The molecular weight excluding hydrogens is 182 g/mol. The first kappa shape index (κ1) is 9.81. The molecule has 13 heavy (non-hydrogen) atoms. The van der Waals surface area contributed by atoms with Crippen LogP contribution in [0.1, 0.15) is 19.3 Å². The monoisotopic (exact) mass is 201 g/mol. The molecule has 0 radical (unpaired) electrons. The summed E-state index contributed by atoms with van der Waals surface area (Å²) in [5.74, 6) is 3.59. The van der Waals surface area contributed by atoms with Crippen LogP contribution < -0.4 is 5.32 Å². The van der Waals surface area contributed by atoms with Crippen molar-refractivity contribution in [3.8, 4) is 0 Å². The highest BCUT2D eigenvalue weighted by Gasteiger charge is 2.17. The summed E-state index contributed by atoms with van der Waals surface area (Å²) in [6.07, 6.45) is 4.44. The van der Waals surface area contributed by atoms with Crippen molar-refractivity contribution in [1.29, 1.82) is 0 Å². The summed E-state index contributed by atoms with van der Waals surface area (Å²) in [7, 11) is 0. The molecule has 2 aliphatic heterocycles. The number of rotatable bonds is 5. The first-order valence-electron chi connectivity index (χ1n) is 5.35. The Hall–Kier alpha value is 0.270. The molecule has 1 N–H and O–H groups in total. The molecule has 0 spiro atoms. The van der Waals surface area contributed by atoms with Crippen molar-refractivity contribution in [2.75, 3.05) is 31.2 Å². The molecule has 1 unspecified atom stereocenters. The molecule has 3 heteroatoms. The second-order valence-corrected chi connectivity index (χ2v) is 5.17. The Morgan fingerprint density at radius 2 is 2.31 bits per heavy atom.